The first kappa shape index (κ1) is 25.7. The molecule has 172 valence electrons. The van der Waals surface area contributed by atoms with Crippen LogP contribution in [0, 0.1) is 6.92 Å². The molecule has 0 aliphatic rings. The maximum Gasteiger partial charge on any atom is 0.336 e. The van der Waals surface area contributed by atoms with Crippen molar-refractivity contribution in [3.05, 3.63) is 93.5 Å². The summed E-state index contributed by atoms with van der Waals surface area (Å²) in [5, 5.41) is 17.6. The summed E-state index contributed by atoms with van der Waals surface area (Å²) < 4.78 is 25.4. The monoisotopic (exact) mass is 534 g/mol. The van der Waals surface area contributed by atoms with Gasteiger partial charge in [0.15, 0.2) is 6.29 Å². The first-order chi connectivity index (χ1) is 15.5. The second kappa shape index (κ2) is 11.3. The molecule has 1 aromatic carbocycles. The Hall–Kier alpha value is -3.57. The fourth-order valence-corrected chi connectivity index (χ4v) is 4.12. The average molecular weight is 535 g/mol. The zero-order valence-electron chi connectivity index (χ0n) is 17.3. The number of aldehydes is 1. The zero-order chi connectivity index (χ0) is 24.6. The Morgan fingerprint density at radius 2 is 1.76 bits per heavy atom. The Labute approximate surface area is 198 Å². The number of aromatic nitrogens is 2. The van der Waals surface area contributed by atoms with Crippen LogP contribution in [0.25, 0.3) is 6.08 Å². The van der Waals surface area contributed by atoms with Crippen molar-refractivity contribution in [2.45, 2.75) is 6.92 Å². The summed E-state index contributed by atoms with van der Waals surface area (Å²) in [5.74, 6) is -2.41. The average Bonchev–Trinajstić information content (AvgIpc) is 3.26. The van der Waals surface area contributed by atoms with E-state index in [2.05, 4.69) is 20.9 Å². The molecule has 0 atom stereocenters. The zero-order valence-corrected chi connectivity index (χ0v) is 19.7. The van der Waals surface area contributed by atoms with E-state index in [0.717, 1.165) is 9.54 Å². The number of carbonyl (C=O) groups excluding carboxylic acids is 1. The van der Waals surface area contributed by atoms with E-state index in [0.29, 0.717) is 16.3 Å². The molecular weight excluding hydrogens is 516 g/mol. The molecule has 0 saturated heterocycles. The van der Waals surface area contributed by atoms with Crippen LogP contribution >= 0.6 is 15.9 Å². The Morgan fingerprint density at radius 1 is 1.12 bits per heavy atom. The molecule has 0 amide bonds. The van der Waals surface area contributed by atoms with Gasteiger partial charge in [-0.25, -0.2) is 18.0 Å². The minimum atomic E-state index is -3.47. The molecule has 0 spiro atoms. The van der Waals surface area contributed by atoms with Gasteiger partial charge in [-0.2, -0.15) is 0 Å². The number of hydrogen-bond donors (Lipinski definition) is 2. The number of carboxylic acid groups (broad SMARTS) is 2. The van der Waals surface area contributed by atoms with Crippen molar-refractivity contribution < 1.29 is 33.0 Å². The molecule has 0 bridgehead atoms. The largest absolute Gasteiger partial charge is 0.478 e. The number of halogens is 1. The summed E-state index contributed by atoms with van der Waals surface area (Å²) in [7, 11) is -3.47. The molecule has 0 saturated carbocycles. The van der Waals surface area contributed by atoms with E-state index in [9.17, 15) is 22.8 Å². The number of pyridine rings is 1. The van der Waals surface area contributed by atoms with E-state index in [1.54, 1.807) is 30.6 Å². The molecule has 33 heavy (non-hydrogen) atoms. The topological polar surface area (TPSA) is 144 Å². The number of carbonyl (C=O) groups is 3. The van der Waals surface area contributed by atoms with Gasteiger partial charge >= 0.3 is 11.9 Å². The van der Waals surface area contributed by atoms with Gasteiger partial charge in [-0.3, -0.25) is 13.8 Å². The number of benzene rings is 1. The lowest BCUT2D eigenvalue weighted by molar-refractivity contribution is 0.0695. The molecule has 0 unspecified atom stereocenters. The maximum absolute atomic E-state index is 11.9. The third-order valence-corrected chi connectivity index (χ3v) is 6.22. The molecule has 2 N–H and O–H groups in total. The lowest BCUT2D eigenvalue weighted by Gasteiger charge is -2.05. The first-order valence-electron chi connectivity index (χ1n) is 9.25. The number of aromatic carboxylic acids is 2. The molecule has 0 fully saturated rings. The van der Waals surface area contributed by atoms with Crippen LogP contribution < -0.4 is 0 Å². The number of hydrogen-bond acceptors (Lipinski definition) is 6. The van der Waals surface area contributed by atoms with Crippen molar-refractivity contribution in [2.75, 3.05) is 5.75 Å². The van der Waals surface area contributed by atoms with Gasteiger partial charge in [0.05, 0.1) is 16.9 Å². The van der Waals surface area contributed by atoms with Crippen LogP contribution in [0.4, 0.5) is 0 Å². The minimum Gasteiger partial charge on any atom is -0.478 e. The fourth-order valence-electron chi connectivity index (χ4n) is 2.62. The van der Waals surface area contributed by atoms with E-state index >= 15 is 0 Å². The summed E-state index contributed by atoms with van der Waals surface area (Å²) in [6.07, 6.45) is 9.79. The van der Waals surface area contributed by atoms with Gasteiger partial charge in [-0.15, -0.1) is 0 Å². The van der Waals surface area contributed by atoms with Gasteiger partial charge in [0.25, 0.3) is 0 Å². The summed E-state index contributed by atoms with van der Waals surface area (Å²) in [5.41, 5.74) is 1.42. The van der Waals surface area contributed by atoms with E-state index in [4.69, 9.17) is 10.2 Å². The molecule has 9 nitrogen and oxygen atoms in total. The van der Waals surface area contributed by atoms with Crippen LogP contribution in [0.1, 0.15) is 42.2 Å². The van der Waals surface area contributed by atoms with Crippen LogP contribution in [0.5, 0.6) is 0 Å². The molecular formula is C22H19BrN2O7S. The van der Waals surface area contributed by atoms with Gasteiger partial charge < -0.3 is 10.2 Å². The standard InChI is InChI=1S/C13H12N2O3S.C9H7BrO4/c16-11-13-5-7-15(10-13)19(17,18)8-2-4-12-3-1-6-14-9-12;1-4-6(8(11)12)2-5(10)3-7(4)9(13)14/h1-7,9-11H,8H2;2-3H,1H3,(H,11,12)(H,13,14). The molecule has 3 aromatic rings. The van der Waals surface area contributed by atoms with E-state index in [1.165, 1.54) is 37.5 Å². The Morgan fingerprint density at radius 3 is 2.24 bits per heavy atom. The number of carboxylic acids is 2. The second-order valence-corrected chi connectivity index (χ2v) is 9.43. The van der Waals surface area contributed by atoms with Crippen molar-refractivity contribution in [2.24, 2.45) is 0 Å². The third kappa shape index (κ3) is 7.22. The van der Waals surface area contributed by atoms with Crippen LogP contribution in [0.3, 0.4) is 0 Å². The van der Waals surface area contributed by atoms with Crippen molar-refractivity contribution in [1.82, 2.24) is 8.96 Å². The Bertz CT molecular complexity index is 1260. The molecule has 0 aliphatic heterocycles. The van der Waals surface area contributed by atoms with E-state index < -0.39 is 22.0 Å². The normalized spacial score (nSPS) is 11.0. The predicted molar refractivity (Wildman–Crippen MR) is 125 cm³/mol. The summed E-state index contributed by atoms with van der Waals surface area (Å²) in [6.45, 7) is 1.47. The van der Waals surface area contributed by atoms with Crippen molar-refractivity contribution in [3.63, 3.8) is 0 Å². The highest BCUT2D eigenvalue weighted by Crippen LogP contribution is 2.21. The molecule has 0 radical (unpaired) electrons. The van der Waals surface area contributed by atoms with Crippen molar-refractivity contribution in [3.8, 4) is 0 Å². The molecule has 2 heterocycles. The SMILES string of the molecule is Cc1c(C(=O)O)cc(Br)cc1C(=O)O.O=Cc1ccn(S(=O)(=O)CC=Cc2cccnc2)c1. The van der Waals surface area contributed by atoms with E-state index in [-0.39, 0.29) is 22.4 Å². The molecule has 0 aliphatic carbocycles. The lowest BCUT2D eigenvalue weighted by atomic mass is 10.0. The van der Waals surface area contributed by atoms with Crippen molar-refractivity contribution >= 4 is 50.3 Å². The van der Waals surface area contributed by atoms with E-state index in [1.807, 2.05) is 6.07 Å². The Balaban J connectivity index is 0.000000245. The second-order valence-electron chi connectivity index (χ2n) is 6.60. The number of rotatable bonds is 7. The summed E-state index contributed by atoms with van der Waals surface area (Å²) in [4.78, 5) is 35.9. The molecule has 11 heteroatoms. The third-order valence-electron chi connectivity index (χ3n) is 4.28. The maximum atomic E-state index is 11.9. The van der Waals surface area contributed by atoms with Gasteiger partial charge in [-0.05, 0) is 42.3 Å². The molecule has 3 rings (SSSR count). The Kier molecular flexibility index (Phi) is 8.83. The van der Waals surface area contributed by atoms with Crippen molar-refractivity contribution in [1.29, 1.82) is 0 Å². The van der Waals surface area contributed by atoms with Crippen LogP contribution in [0.15, 0.2) is 65.7 Å². The predicted octanol–water partition coefficient (Wildman–Crippen LogP) is 3.74. The summed E-state index contributed by atoms with van der Waals surface area (Å²) >= 11 is 3.06. The summed E-state index contributed by atoms with van der Waals surface area (Å²) in [6, 6.07) is 7.82. The van der Waals surface area contributed by atoms with Gasteiger partial charge in [0, 0.05) is 34.8 Å². The minimum absolute atomic E-state index is 0.00299. The highest BCUT2D eigenvalue weighted by Gasteiger charge is 2.16. The highest BCUT2D eigenvalue weighted by molar-refractivity contribution is 9.10. The first-order valence-corrected chi connectivity index (χ1v) is 11.6. The number of nitrogens with zero attached hydrogens (tertiary/aromatic N) is 2. The lowest BCUT2D eigenvalue weighted by Crippen LogP contribution is -2.13. The highest BCUT2D eigenvalue weighted by atomic mass is 79.9. The van der Waals surface area contributed by atoms with Crippen LogP contribution in [-0.4, -0.2) is 51.6 Å². The quantitative estimate of drug-likeness (QED) is 0.436. The smallest absolute Gasteiger partial charge is 0.336 e. The van der Waals surface area contributed by atoms with Gasteiger partial charge in [-0.1, -0.05) is 34.1 Å². The molecule has 2 aromatic heterocycles. The van der Waals surface area contributed by atoms with Gasteiger partial charge in [0.2, 0.25) is 10.0 Å². The fraction of sp³-hybridized carbons (Fsp3) is 0.0909. The van der Waals surface area contributed by atoms with Gasteiger partial charge in [0.1, 0.15) is 0 Å². The van der Waals surface area contributed by atoms with Crippen LogP contribution in [0.2, 0.25) is 0 Å². The van der Waals surface area contributed by atoms with Crippen LogP contribution in [-0.2, 0) is 10.0 Å².